The molecule has 3 aromatic rings. The number of sulfonamides is 1. The van der Waals surface area contributed by atoms with Crippen molar-refractivity contribution in [1.29, 1.82) is 0 Å². The van der Waals surface area contributed by atoms with Gasteiger partial charge in [-0.15, -0.1) is 11.3 Å². The summed E-state index contributed by atoms with van der Waals surface area (Å²) in [7, 11) is -3.51. The van der Waals surface area contributed by atoms with Crippen molar-refractivity contribution < 1.29 is 8.42 Å². The Labute approximate surface area is 179 Å². The van der Waals surface area contributed by atoms with E-state index >= 15 is 0 Å². The first-order chi connectivity index (χ1) is 13.9. The number of nitrogens with zero attached hydrogens (tertiary/aromatic N) is 3. The molecule has 152 valence electrons. The van der Waals surface area contributed by atoms with Gasteiger partial charge in [-0.05, 0) is 29.8 Å². The number of rotatable bonds is 8. The fraction of sp³-hybridized carbons (Fsp3) is 0.200. The third kappa shape index (κ3) is 5.22. The van der Waals surface area contributed by atoms with Crippen molar-refractivity contribution >= 4 is 44.3 Å². The van der Waals surface area contributed by atoms with E-state index < -0.39 is 10.0 Å². The quantitative estimate of drug-likeness (QED) is 0.391. The molecule has 9 heteroatoms. The number of nitrogens with one attached hydrogen (secondary N) is 1. The molecule has 0 spiro atoms. The Bertz CT molecular complexity index is 1090. The van der Waals surface area contributed by atoms with E-state index in [2.05, 4.69) is 15.5 Å². The van der Waals surface area contributed by atoms with Crippen LogP contribution in [0.25, 0.3) is 11.3 Å². The Hall–Kier alpha value is -2.26. The highest BCUT2D eigenvalue weighted by Gasteiger charge is 2.22. The number of hydrogen-bond donors (Lipinski definition) is 1. The largest absolute Gasteiger partial charge is 0.253 e. The maximum atomic E-state index is 12.7. The number of hydrazone groups is 1. The Morgan fingerprint density at radius 3 is 2.59 bits per heavy atom. The van der Waals surface area contributed by atoms with Gasteiger partial charge in [-0.2, -0.15) is 9.41 Å². The monoisotopic (exact) mass is 448 g/mol. The zero-order valence-electron chi connectivity index (χ0n) is 16.0. The van der Waals surface area contributed by atoms with Crippen LogP contribution in [0, 0.1) is 0 Å². The van der Waals surface area contributed by atoms with Crippen LogP contribution in [0.5, 0.6) is 0 Å². The molecule has 0 aliphatic carbocycles. The third-order valence-electron chi connectivity index (χ3n) is 4.22. The molecule has 0 fully saturated rings. The smallest absolute Gasteiger partial charge is 0.243 e. The highest BCUT2D eigenvalue weighted by atomic mass is 35.5. The number of thiazole rings is 1. The molecule has 1 aromatic heterocycles. The summed E-state index contributed by atoms with van der Waals surface area (Å²) in [6, 6.07) is 14.2. The summed E-state index contributed by atoms with van der Waals surface area (Å²) in [4.78, 5) is 4.76. The van der Waals surface area contributed by atoms with Crippen LogP contribution in [0.2, 0.25) is 5.02 Å². The van der Waals surface area contributed by atoms with Gasteiger partial charge in [-0.1, -0.05) is 49.7 Å². The van der Waals surface area contributed by atoms with Gasteiger partial charge < -0.3 is 0 Å². The molecular formula is C20H21ClN4O2S2. The van der Waals surface area contributed by atoms with Gasteiger partial charge in [-0.3, -0.25) is 5.43 Å². The van der Waals surface area contributed by atoms with E-state index in [1.165, 1.54) is 15.6 Å². The molecule has 1 heterocycles. The SMILES string of the molecule is CCN(CC)S(=O)(=O)c1cccc(-c2csc(N/N=C/c3ccc(Cl)cc3)n2)c1. The van der Waals surface area contributed by atoms with Crippen LogP contribution in [0.4, 0.5) is 5.13 Å². The lowest BCUT2D eigenvalue weighted by atomic mass is 10.2. The maximum absolute atomic E-state index is 12.7. The molecule has 6 nitrogen and oxygen atoms in total. The lowest BCUT2D eigenvalue weighted by molar-refractivity contribution is 0.445. The Morgan fingerprint density at radius 1 is 1.17 bits per heavy atom. The Balaban J connectivity index is 1.76. The van der Waals surface area contributed by atoms with Crippen LogP contribution in [-0.2, 0) is 10.0 Å². The van der Waals surface area contributed by atoms with Crippen molar-refractivity contribution in [3.05, 3.63) is 64.5 Å². The number of aromatic nitrogens is 1. The van der Waals surface area contributed by atoms with Crippen molar-refractivity contribution in [3.8, 4) is 11.3 Å². The summed E-state index contributed by atoms with van der Waals surface area (Å²) in [5.41, 5.74) is 5.24. The fourth-order valence-electron chi connectivity index (χ4n) is 2.70. The lowest BCUT2D eigenvalue weighted by Gasteiger charge is -2.18. The van der Waals surface area contributed by atoms with Gasteiger partial charge in [0, 0.05) is 29.1 Å². The number of benzene rings is 2. The minimum atomic E-state index is -3.51. The Kier molecular flexibility index (Phi) is 7.02. The Morgan fingerprint density at radius 2 is 1.90 bits per heavy atom. The van der Waals surface area contributed by atoms with Crippen LogP contribution in [0.3, 0.4) is 0 Å². The van der Waals surface area contributed by atoms with Crippen molar-refractivity contribution in [2.45, 2.75) is 18.7 Å². The minimum absolute atomic E-state index is 0.266. The molecule has 3 rings (SSSR count). The van der Waals surface area contributed by atoms with Gasteiger partial charge >= 0.3 is 0 Å². The third-order valence-corrected chi connectivity index (χ3v) is 7.27. The second-order valence-corrected chi connectivity index (χ2v) is 9.31. The topological polar surface area (TPSA) is 74.7 Å². The molecule has 1 N–H and O–H groups in total. The van der Waals surface area contributed by atoms with Crippen LogP contribution in [0.1, 0.15) is 19.4 Å². The van der Waals surface area contributed by atoms with Crippen LogP contribution in [-0.4, -0.2) is 37.0 Å². The van der Waals surface area contributed by atoms with Gasteiger partial charge in [0.25, 0.3) is 0 Å². The molecular weight excluding hydrogens is 428 g/mol. The minimum Gasteiger partial charge on any atom is -0.253 e. The van der Waals surface area contributed by atoms with E-state index in [1.54, 1.807) is 36.5 Å². The molecule has 0 unspecified atom stereocenters. The van der Waals surface area contributed by atoms with Gasteiger partial charge in [0.1, 0.15) is 0 Å². The van der Waals surface area contributed by atoms with Gasteiger partial charge in [0.2, 0.25) is 15.2 Å². The molecule has 0 amide bonds. The molecule has 0 aliphatic rings. The average Bonchev–Trinajstić information content (AvgIpc) is 3.19. The molecule has 0 atom stereocenters. The van der Waals surface area contributed by atoms with E-state index in [0.717, 1.165) is 11.1 Å². The summed E-state index contributed by atoms with van der Waals surface area (Å²) in [5.74, 6) is 0. The molecule has 0 saturated carbocycles. The van der Waals surface area contributed by atoms with E-state index in [9.17, 15) is 8.42 Å². The summed E-state index contributed by atoms with van der Waals surface area (Å²) in [5, 5.41) is 7.33. The lowest BCUT2D eigenvalue weighted by Crippen LogP contribution is -2.30. The second-order valence-electron chi connectivity index (χ2n) is 6.08. The van der Waals surface area contributed by atoms with Crippen molar-refractivity contribution in [3.63, 3.8) is 0 Å². The normalized spacial score (nSPS) is 12.0. The predicted molar refractivity (Wildman–Crippen MR) is 120 cm³/mol. The zero-order chi connectivity index (χ0) is 20.9. The highest BCUT2D eigenvalue weighted by Crippen LogP contribution is 2.27. The highest BCUT2D eigenvalue weighted by molar-refractivity contribution is 7.89. The number of anilines is 1. The average molecular weight is 449 g/mol. The predicted octanol–water partition coefficient (Wildman–Crippen LogP) is 4.94. The summed E-state index contributed by atoms with van der Waals surface area (Å²) < 4.78 is 26.9. The van der Waals surface area contributed by atoms with Crippen LogP contribution < -0.4 is 5.43 Å². The number of halogens is 1. The van der Waals surface area contributed by atoms with E-state index in [0.29, 0.717) is 28.9 Å². The van der Waals surface area contributed by atoms with Crippen molar-refractivity contribution in [2.24, 2.45) is 5.10 Å². The first kappa shape index (κ1) is 21.4. The molecule has 2 aromatic carbocycles. The van der Waals surface area contributed by atoms with Crippen molar-refractivity contribution in [1.82, 2.24) is 9.29 Å². The molecule has 0 aliphatic heterocycles. The molecule has 0 bridgehead atoms. The van der Waals surface area contributed by atoms with Crippen molar-refractivity contribution in [2.75, 3.05) is 18.5 Å². The zero-order valence-corrected chi connectivity index (χ0v) is 18.4. The molecule has 0 saturated heterocycles. The van der Waals surface area contributed by atoms with E-state index in [-0.39, 0.29) is 4.90 Å². The summed E-state index contributed by atoms with van der Waals surface area (Å²) >= 11 is 7.26. The molecule has 0 radical (unpaired) electrons. The van der Waals surface area contributed by atoms with Gasteiger partial charge in [-0.25, -0.2) is 13.4 Å². The second kappa shape index (κ2) is 9.49. The first-order valence-electron chi connectivity index (χ1n) is 9.04. The summed E-state index contributed by atoms with van der Waals surface area (Å²) in [6.45, 7) is 4.51. The van der Waals surface area contributed by atoms with E-state index in [4.69, 9.17) is 11.6 Å². The fourth-order valence-corrected chi connectivity index (χ4v) is 5.00. The van der Waals surface area contributed by atoms with E-state index in [1.807, 2.05) is 37.4 Å². The van der Waals surface area contributed by atoms with Gasteiger partial charge in [0.05, 0.1) is 16.8 Å². The van der Waals surface area contributed by atoms with Crippen LogP contribution in [0.15, 0.2) is 63.9 Å². The van der Waals surface area contributed by atoms with Crippen LogP contribution >= 0.6 is 22.9 Å². The maximum Gasteiger partial charge on any atom is 0.243 e. The standard InChI is InChI=1S/C20H21ClN4O2S2/c1-3-25(4-2)29(26,27)18-7-5-6-16(12-18)19-14-28-20(23-19)24-22-13-15-8-10-17(21)11-9-15/h5-14H,3-4H2,1-2H3,(H,23,24)/b22-13+. The number of hydrogen-bond acceptors (Lipinski definition) is 6. The van der Waals surface area contributed by atoms with Gasteiger partial charge in [0.15, 0.2) is 0 Å². The first-order valence-corrected chi connectivity index (χ1v) is 11.7. The molecule has 29 heavy (non-hydrogen) atoms. The summed E-state index contributed by atoms with van der Waals surface area (Å²) in [6.07, 6.45) is 1.68.